The van der Waals surface area contributed by atoms with Gasteiger partial charge < -0.3 is 4.42 Å². The predicted octanol–water partition coefficient (Wildman–Crippen LogP) is 4.35. The third-order valence-electron chi connectivity index (χ3n) is 4.39. The van der Waals surface area contributed by atoms with Crippen LogP contribution in [0, 0.1) is 21.4 Å². The first-order chi connectivity index (χ1) is 14.1. The molecule has 7 nitrogen and oxygen atoms in total. The third-order valence-corrected chi connectivity index (χ3v) is 4.39. The molecule has 0 amide bonds. The molecule has 1 aromatic heterocycles. The van der Waals surface area contributed by atoms with Crippen molar-refractivity contribution >= 4 is 5.69 Å². The van der Waals surface area contributed by atoms with Gasteiger partial charge in [-0.15, -0.1) is 6.58 Å². The van der Waals surface area contributed by atoms with Crippen LogP contribution in [0.15, 0.2) is 71.8 Å². The highest BCUT2D eigenvalue weighted by Gasteiger charge is 2.12. The SMILES string of the molecule is C=CCN(CCc1ncc(-c2cccc([N+](=O)[O-])c2)o1)Cc1cccc(C#N)c1. The molecule has 3 aromatic rings. The van der Waals surface area contributed by atoms with Crippen molar-refractivity contribution in [3.05, 3.63) is 94.5 Å². The molecule has 0 fully saturated rings. The highest BCUT2D eigenvalue weighted by atomic mass is 16.6. The van der Waals surface area contributed by atoms with Crippen molar-refractivity contribution in [2.24, 2.45) is 0 Å². The molecule has 0 aliphatic carbocycles. The molecule has 0 radical (unpaired) electrons. The Morgan fingerprint density at radius 3 is 2.86 bits per heavy atom. The first-order valence-electron chi connectivity index (χ1n) is 9.11. The maximum atomic E-state index is 10.9. The lowest BCUT2D eigenvalue weighted by Gasteiger charge is -2.20. The Morgan fingerprint density at radius 1 is 1.28 bits per heavy atom. The van der Waals surface area contributed by atoms with Crippen LogP contribution in [0.25, 0.3) is 11.3 Å². The van der Waals surface area contributed by atoms with Gasteiger partial charge in [0, 0.05) is 43.8 Å². The normalized spacial score (nSPS) is 10.6. The van der Waals surface area contributed by atoms with Crippen LogP contribution in [0.1, 0.15) is 17.0 Å². The Kier molecular flexibility index (Phi) is 6.51. The van der Waals surface area contributed by atoms with Crippen LogP contribution >= 0.6 is 0 Å². The standard InChI is InChI=1S/C22H20N4O3/c1-2-10-25(16-18-6-3-5-17(12-18)14-23)11-9-22-24-15-21(29-22)19-7-4-8-20(13-19)26(27)28/h2-8,12-13,15H,1,9-11,16H2. The van der Waals surface area contributed by atoms with Crippen molar-refractivity contribution in [1.29, 1.82) is 5.26 Å². The van der Waals surface area contributed by atoms with Gasteiger partial charge in [0.05, 0.1) is 22.8 Å². The minimum absolute atomic E-state index is 0.0113. The van der Waals surface area contributed by atoms with Crippen molar-refractivity contribution in [3.8, 4) is 17.4 Å². The molecule has 2 aromatic carbocycles. The fraction of sp³-hybridized carbons (Fsp3) is 0.182. The number of rotatable bonds is 9. The number of nitrogens with zero attached hydrogens (tertiary/aromatic N) is 4. The summed E-state index contributed by atoms with van der Waals surface area (Å²) in [6.07, 6.45) is 4.00. The first kappa shape index (κ1) is 20.0. The summed E-state index contributed by atoms with van der Waals surface area (Å²) in [6.45, 7) is 5.87. The molecule has 146 valence electrons. The Hall–Kier alpha value is -3.76. The molecule has 0 saturated carbocycles. The highest BCUT2D eigenvalue weighted by molar-refractivity contribution is 5.60. The van der Waals surface area contributed by atoms with E-state index in [1.807, 2.05) is 24.3 Å². The molecule has 0 aliphatic heterocycles. The number of aromatic nitrogens is 1. The maximum Gasteiger partial charge on any atom is 0.270 e. The van der Waals surface area contributed by atoms with E-state index in [1.165, 1.54) is 12.1 Å². The molecule has 0 N–H and O–H groups in total. The summed E-state index contributed by atoms with van der Waals surface area (Å²) < 4.78 is 5.79. The molecule has 3 rings (SSSR count). The number of hydrogen-bond acceptors (Lipinski definition) is 6. The van der Waals surface area contributed by atoms with E-state index in [0.717, 1.165) is 5.56 Å². The second-order valence-electron chi connectivity index (χ2n) is 6.51. The van der Waals surface area contributed by atoms with E-state index in [9.17, 15) is 10.1 Å². The molecule has 29 heavy (non-hydrogen) atoms. The van der Waals surface area contributed by atoms with E-state index in [1.54, 1.807) is 24.4 Å². The topological polar surface area (TPSA) is 96.2 Å². The largest absolute Gasteiger partial charge is 0.441 e. The molecule has 0 aliphatic rings. The van der Waals surface area contributed by atoms with E-state index < -0.39 is 4.92 Å². The maximum absolute atomic E-state index is 10.9. The van der Waals surface area contributed by atoms with Crippen molar-refractivity contribution < 1.29 is 9.34 Å². The van der Waals surface area contributed by atoms with E-state index in [4.69, 9.17) is 9.68 Å². The fourth-order valence-corrected chi connectivity index (χ4v) is 3.00. The zero-order valence-electron chi connectivity index (χ0n) is 15.8. The summed E-state index contributed by atoms with van der Waals surface area (Å²) in [6, 6.07) is 16.0. The molecule has 0 unspecified atom stereocenters. The Morgan fingerprint density at radius 2 is 2.10 bits per heavy atom. The summed E-state index contributed by atoms with van der Waals surface area (Å²) in [4.78, 5) is 17.0. The van der Waals surface area contributed by atoms with Gasteiger partial charge in [-0.1, -0.05) is 30.3 Å². The number of non-ortho nitro benzene ring substituents is 1. The molecular formula is C22H20N4O3. The van der Waals surface area contributed by atoms with E-state index in [-0.39, 0.29) is 5.69 Å². The molecule has 0 atom stereocenters. The van der Waals surface area contributed by atoms with Gasteiger partial charge in [0.2, 0.25) is 0 Å². The monoisotopic (exact) mass is 388 g/mol. The predicted molar refractivity (Wildman–Crippen MR) is 109 cm³/mol. The van der Waals surface area contributed by atoms with Crippen LogP contribution in [-0.2, 0) is 13.0 Å². The average molecular weight is 388 g/mol. The summed E-state index contributed by atoms with van der Waals surface area (Å²) in [5.74, 6) is 1.06. The number of nitro groups is 1. The van der Waals surface area contributed by atoms with Crippen molar-refractivity contribution in [2.75, 3.05) is 13.1 Å². The summed E-state index contributed by atoms with van der Waals surface area (Å²) in [5, 5.41) is 20.0. The fourth-order valence-electron chi connectivity index (χ4n) is 3.00. The second-order valence-corrected chi connectivity index (χ2v) is 6.51. The summed E-state index contributed by atoms with van der Waals surface area (Å²) >= 11 is 0. The number of nitriles is 1. The minimum atomic E-state index is -0.435. The van der Waals surface area contributed by atoms with Crippen LogP contribution in [0.3, 0.4) is 0 Å². The van der Waals surface area contributed by atoms with Gasteiger partial charge in [-0.05, 0) is 17.7 Å². The van der Waals surface area contributed by atoms with Crippen LogP contribution in [0.2, 0.25) is 0 Å². The Balaban J connectivity index is 1.66. The molecule has 1 heterocycles. The van der Waals surface area contributed by atoms with Crippen molar-refractivity contribution in [3.63, 3.8) is 0 Å². The van der Waals surface area contributed by atoms with Crippen LogP contribution in [0.4, 0.5) is 5.69 Å². The highest BCUT2D eigenvalue weighted by Crippen LogP contribution is 2.24. The van der Waals surface area contributed by atoms with E-state index in [2.05, 4.69) is 22.5 Å². The lowest BCUT2D eigenvalue weighted by atomic mass is 10.1. The lowest BCUT2D eigenvalue weighted by molar-refractivity contribution is -0.384. The smallest absolute Gasteiger partial charge is 0.270 e. The number of nitro benzene ring substituents is 1. The van der Waals surface area contributed by atoms with Crippen LogP contribution in [0.5, 0.6) is 0 Å². The zero-order valence-corrected chi connectivity index (χ0v) is 15.8. The van der Waals surface area contributed by atoms with Crippen molar-refractivity contribution in [1.82, 2.24) is 9.88 Å². The van der Waals surface area contributed by atoms with Crippen LogP contribution in [-0.4, -0.2) is 27.9 Å². The molecule has 0 bridgehead atoms. The van der Waals surface area contributed by atoms with Gasteiger partial charge in [0.15, 0.2) is 11.7 Å². The van der Waals surface area contributed by atoms with Gasteiger partial charge in [0.25, 0.3) is 5.69 Å². The Bertz CT molecular complexity index is 1050. The second kappa shape index (κ2) is 9.44. The van der Waals surface area contributed by atoms with Gasteiger partial charge in [-0.3, -0.25) is 15.0 Å². The Labute approximate surface area is 168 Å². The lowest BCUT2D eigenvalue weighted by Crippen LogP contribution is -2.26. The van der Waals surface area contributed by atoms with E-state index >= 15 is 0 Å². The number of oxazole rings is 1. The van der Waals surface area contributed by atoms with Gasteiger partial charge in [0.1, 0.15) is 0 Å². The van der Waals surface area contributed by atoms with Crippen molar-refractivity contribution in [2.45, 2.75) is 13.0 Å². The third kappa shape index (κ3) is 5.37. The van der Waals surface area contributed by atoms with E-state index in [0.29, 0.717) is 48.8 Å². The summed E-state index contributed by atoms with van der Waals surface area (Å²) in [7, 11) is 0. The minimum Gasteiger partial charge on any atom is -0.441 e. The zero-order chi connectivity index (χ0) is 20.6. The average Bonchev–Trinajstić information content (AvgIpc) is 3.21. The first-order valence-corrected chi connectivity index (χ1v) is 9.11. The summed E-state index contributed by atoms with van der Waals surface area (Å²) in [5.41, 5.74) is 2.32. The number of benzene rings is 2. The van der Waals surface area contributed by atoms with Gasteiger partial charge >= 0.3 is 0 Å². The van der Waals surface area contributed by atoms with Crippen LogP contribution < -0.4 is 0 Å². The number of hydrogen-bond donors (Lipinski definition) is 0. The van der Waals surface area contributed by atoms with Gasteiger partial charge in [-0.25, -0.2) is 4.98 Å². The molecular weight excluding hydrogens is 368 g/mol. The van der Waals surface area contributed by atoms with Gasteiger partial charge in [-0.2, -0.15) is 5.26 Å². The molecule has 7 heteroatoms. The molecule has 0 saturated heterocycles. The molecule has 0 spiro atoms. The quantitative estimate of drug-likeness (QED) is 0.307.